The van der Waals surface area contributed by atoms with Crippen molar-refractivity contribution in [3.63, 3.8) is 0 Å². The fourth-order valence-electron chi connectivity index (χ4n) is 2.31. The third-order valence-corrected chi connectivity index (χ3v) is 3.54. The van der Waals surface area contributed by atoms with Gasteiger partial charge in [0, 0.05) is 45.7 Å². The molecule has 1 rings (SSSR count). The van der Waals surface area contributed by atoms with E-state index in [9.17, 15) is 9.59 Å². The third-order valence-electron chi connectivity index (χ3n) is 3.54. The number of carbonyl (C=O) groups excluding carboxylic acids is 1. The Balaban J connectivity index is 2.28. The molecule has 1 aliphatic heterocycles. The molecule has 0 aromatic rings. The molecule has 0 aromatic heterocycles. The molecule has 1 heterocycles. The molecule has 1 N–H and O–H groups in total. The second-order valence-electron chi connectivity index (χ2n) is 4.78. The number of urea groups is 1. The number of amides is 2. The number of carbonyl (C=O) groups is 2. The Kier molecular flexibility index (Phi) is 6.62. The van der Waals surface area contributed by atoms with Crippen molar-refractivity contribution in [1.29, 1.82) is 0 Å². The SMILES string of the molecule is CCN(CC)C(=O)N1CCN(CCCC(=O)O)CC1. The summed E-state index contributed by atoms with van der Waals surface area (Å²) in [6.45, 7) is 9.43. The molecule has 6 nitrogen and oxygen atoms in total. The molecule has 1 saturated heterocycles. The van der Waals surface area contributed by atoms with Gasteiger partial charge in [-0.3, -0.25) is 9.69 Å². The lowest BCUT2D eigenvalue weighted by Crippen LogP contribution is -2.52. The minimum absolute atomic E-state index is 0.121. The summed E-state index contributed by atoms with van der Waals surface area (Å²) in [6.07, 6.45) is 0.901. The molecule has 0 aliphatic carbocycles. The number of nitrogens with zero attached hydrogens (tertiary/aromatic N) is 3. The minimum Gasteiger partial charge on any atom is -0.481 e. The molecule has 1 aliphatic rings. The van der Waals surface area contributed by atoms with Gasteiger partial charge in [0.25, 0.3) is 0 Å². The monoisotopic (exact) mass is 271 g/mol. The number of aliphatic carboxylic acids is 1. The molecule has 1 fully saturated rings. The number of carboxylic acid groups (broad SMARTS) is 1. The number of hydrogen-bond donors (Lipinski definition) is 1. The summed E-state index contributed by atoms with van der Waals surface area (Å²) in [4.78, 5) is 28.5. The molecule has 0 atom stereocenters. The van der Waals surface area contributed by atoms with Crippen LogP contribution in [0.2, 0.25) is 0 Å². The van der Waals surface area contributed by atoms with Gasteiger partial charge in [0.05, 0.1) is 0 Å². The first-order valence-corrected chi connectivity index (χ1v) is 7.06. The van der Waals surface area contributed by atoms with Crippen molar-refractivity contribution in [3.8, 4) is 0 Å². The Hall–Kier alpha value is -1.30. The zero-order valence-electron chi connectivity index (χ0n) is 12.0. The Bertz CT molecular complexity index is 298. The van der Waals surface area contributed by atoms with Crippen LogP contribution in [0, 0.1) is 0 Å². The van der Waals surface area contributed by atoms with Gasteiger partial charge in [-0.2, -0.15) is 0 Å². The fraction of sp³-hybridized carbons (Fsp3) is 0.846. The molecule has 6 heteroatoms. The average Bonchev–Trinajstić information content (AvgIpc) is 2.40. The summed E-state index contributed by atoms with van der Waals surface area (Å²) in [5.74, 6) is -0.740. The van der Waals surface area contributed by atoms with Crippen molar-refractivity contribution in [2.45, 2.75) is 26.7 Å². The van der Waals surface area contributed by atoms with Crippen molar-refractivity contribution in [3.05, 3.63) is 0 Å². The van der Waals surface area contributed by atoms with Crippen molar-refractivity contribution < 1.29 is 14.7 Å². The van der Waals surface area contributed by atoms with Crippen LogP contribution in [0.4, 0.5) is 4.79 Å². The summed E-state index contributed by atoms with van der Waals surface area (Å²) < 4.78 is 0. The molecule has 0 bridgehead atoms. The van der Waals surface area contributed by atoms with Gasteiger partial charge in [0.15, 0.2) is 0 Å². The van der Waals surface area contributed by atoms with E-state index in [1.807, 2.05) is 23.6 Å². The molecular formula is C13H25N3O3. The molecular weight excluding hydrogens is 246 g/mol. The lowest BCUT2D eigenvalue weighted by Gasteiger charge is -2.37. The predicted molar refractivity (Wildman–Crippen MR) is 73.2 cm³/mol. The second-order valence-corrected chi connectivity index (χ2v) is 4.78. The van der Waals surface area contributed by atoms with Gasteiger partial charge in [-0.25, -0.2) is 4.79 Å². The second kappa shape index (κ2) is 7.99. The lowest BCUT2D eigenvalue weighted by atomic mass is 10.2. The average molecular weight is 271 g/mol. The smallest absolute Gasteiger partial charge is 0.320 e. The predicted octanol–water partition coefficient (Wildman–Crippen LogP) is 0.931. The topological polar surface area (TPSA) is 64.1 Å². The van der Waals surface area contributed by atoms with E-state index in [-0.39, 0.29) is 12.5 Å². The third kappa shape index (κ3) is 5.06. The number of piperazine rings is 1. The highest BCUT2D eigenvalue weighted by atomic mass is 16.4. The van der Waals surface area contributed by atoms with Crippen LogP contribution in [0.3, 0.4) is 0 Å². The molecule has 0 unspecified atom stereocenters. The Morgan fingerprint density at radius 2 is 1.68 bits per heavy atom. The Labute approximate surface area is 115 Å². The van der Waals surface area contributed by atoms with E-state index in [0.717, 1.165) is 45.8 Å². The maximum atomic E-state index is 12.1. The van der Waals surface area contributed by atoms with Crippen LogP contribution in [0.5, 0.6) is 0 Å². The van der Waals surface area contributed by atoms with Gasteiger partial charge in [0.1, 0.15) is 0 Å². The van der Waals surface area contributed by atoms with Gasteiger partial charge in [0.2, 0.25) is 0 Å². The Morgan fingerprint density at radius 1 is 1.11 bits per heavy atom. The first-order valence-electron chi connectivity index (χ1n) is 7.06. The fourth-order valence-corrected chi connectivity index (χ4v) is 2.31. The summed E-state index contributed by atoms with van der Waals surface area (Å²) in [5.41, 5.74) is 0. The van der Waals surface area contributed by atoms with Gasteiger partial charge in [-0.05, 0) is 26.8 Å². The van der Waals surface area contributed by atoms with Gasteiger partial charge in [-0.15, -0.1) is 0 Å². The maximum Gasteiger partial charge on any atom is 0.320 e. The van der Waals surface area contributed by atoms with E-state index in [0.29, 0.717) is 6.42 Å². The minimum atomic E-state index is -0.740. The number of hydrogen-bond acceptors (Lipinski definition) is 3. The Morgan fingerprint density at radius 3 is 2.16 bits per heavy atom. The zero-order valence-corrected chi connectivity index (χ0v) is 12.0. The van der Waals surface area contributed by atoms with Gasteiger partial charge >= 0.3 is 12.0 Å². The first-order chi connectivity index (χ1) is 9.08. The molecule has 0 radical (unpaired) electrons. The standard InChI is InChI=1S/C13H25N3O3/c1-3-15(4-2)13(19)16-10-8-14(9-11-16)7-5-6-12(17)18/h3-11H2,1-2H3,(H,17,18). The van der Waals surface area contributed by atoms with Crippen LogP contribution in [0.1, 0.15) is 26.7 Å². The number of carboxylic acids is 1. The van der Waals surface area contributed by atoms with Crippen molar-refractivity contribution in [2.24, 2.45) is 0 Å². The molecule has 110 valence electrons. The molecule has 2 amide bonds. The van der Waals surface area contributed by atoms with Crippen LogP contribution in [-0.4, -0.2) is 77.6 Å². The summed E-state index contributed by atoms with van der Waals surface area (Å²) >= 11 is 0. The van der Waals surface area contributed by atoms with Crippen LogP contribution in [-0.2, 0) is 4.79 Å². The first kappa shape index (κ1) is 15.8. The highest BCUT2D eigenvalue weighted by molar-refractivity contribution is 5.74. The molecule has 0 spiro atoms. The van der Waals surface area contributed by atoms with E-state index in [4.69, 9.17) is 5.11 Å². The van der Waals surface area contributed by atoms with Crippen molar-refractivity contribution in [1.82, 2.24) is 14.7 Å². The normalized spacial score (nSPS) is 16.4. The highest BCUT2D eigenvalue weighted by Gasteiger charge is 2.23. The summed E-state index contributed by atoms with van der Waals surface area (Å²) in [7, 11) is 0. The largest absolute Gasteiger partial charge is 0.481 e. The van der Waals surface area contributed by atoms with E-state index in [1.165, 1.54) is 0 Å². The van der Waals surface area contributed by atoms with E-state index in [1.54, 1.807) is 0 Å². The van der Waals surface area contributed by atoms with Crippen LogP contribution in [0.15, 0.2) is 0 Å². The lowest BCUT2D eigenvalue weighted by molar-refractivity contribution is -0.137. The quantitative estimate of drug-likeness (QED) is 0.780. The maximum absolute atomic E-state index is 12.1. The van der Waals surface area contributed by atoms with E-state index >= 15 is 0 Å². The molecule has 19 heavy (non-hydrogen) atoms. The highest BCUT2D eigenvalue weighted by Crippen LogP contribution is 2.07. The van der Waals surface area contributed by atoms with Gasteiger partial charge in [-0.1, -0.05) is 0 Å². The molecule has 0 saturated carbocycles. The van der Waals surface area contributed by atoms with Crippen LogP contribution >= 0.6 is 0 Å². The zero-order chi connectivity index (χ0) is 14.3. The summed E-state index contributed by atoms with van der Waals surface area (Å²) in [6, 6.07) is 0.121. The van der Waals surface area contributed by atoms with E-state index < -0.39 is 5.97 Å². The van der Waals surface area contributed by atoms with Crippen LogP contribution < -0.4 is 0 Å². The van der Waals surface area contributed by atoms with Crippen molar-refractivity contribution >= 4 is 12.0 Å². The summed E-state index contributed by atoms with van der Waals surface area (Å²) in [5, 5.41) is 8.60. The molecule has 0 aromatic carbocycles. The van der Waals surface area contributed by atoms with Gasteiger partial charge < -0.3 is 14.9 Å². The van der Waals surface area contributed by atoms with Crippen molar-refractivity contribution in [2.75, 3.05) is 45.8 Å². The van der Waals surface area contributed by atoms with Crippen LogP contribution in [0.25, 0.3) is 0 Å². The number of rotatable bonds is 6. The van der Waals surface area contributed by atoms with E-state index in [2.05, 4.69) is 4.90 Å².